The maximum absolute atomic E-state index is 9.25. The van der Waals surface area contributed by atoms with Crippen molar-refractivity contribution in [3.63, 3.8) is 0 Å². The van der Waals surface area contributed by atoms with Gasteiger partial charge in [0.05, 0.1) is 0 Å². The number of carbonyl (C=O) groups is 1. The maximum atomic E-state index is 9.25. The normalized spacial score (nSPS) is 6.00. The molecule has 20 valence electrons. The molecule has 3 heteroatoms. The van der Waals surface area contributed by atoms with Crippen molar-refractivity contribution in [2.24, 2.45) is 5.73 Å². The molecule has 0 rings (SSSR count). The van der Waals surface area contributed by atoms with Gasteiger partial charge in [0.15, 0.2) is 0 Å². The summed E-state index contributed by atoms with van der Waals surface area (Å²) in [6, 6.07) is 0. The second-order valence-corrected chi connectivity index (χ2v) is 1.60. The van der Waals surface area contributed by atoms with Gasteiger partial charge in [-0.3, -0.25) is 0 Å². The number of nitrogens with two attached hydrogens (primary N) is 1. The molecular weight excluding hydrogens is 112 g/mol. The fourth-order valence-electron chi connectivity index (χ4n) is 0. The van der Waals surface area contributed by atoms with E-state index >= 15 is 0 Å². The second kappa shape index (κ2) is 1.43. The summed E-state index contributed by atoms with van der Waals surface area (Å²) in [5, 5.41) is 0. The predicted molar refractivity (Wildman–Crippen MR) is 15.3 cm³/mol. The molecule has 2 N–H and O–H groups in total. The van der Waals surface area contributed by atoms with Crippen molar-refractivity contribution in [2.45, 2.75) is 0 Å². The summed E-state index contributed by atoms with van der Waals surface area (Å²) in [5.41, 5.74) is 4.50. The quantitative estimate of drug-likeness (QED) is 0.413. The molecule has 0 aromatic rings. The summed E-state index contributed by atoms with van der Waals surface area (Å²) < 4.78 is -0.271. The van der Waals surface area contributed by atoms with Crippen molar-refractivity contribution in [3.05, 3.63) is 0 Å². The van der Waals surface area contributed by atoms with E-state index in [1.807, 2.05) is 0 Å². The van der Waals surface area contributed by atoms with E-state index in [2.05, 4.69) is 5.73 Å². The van der Waals surface area contributed by atoms with Crippen LogP contribution in [0, 0.1) is 0 Å². The van der Waals surface area contributed by atoms with E-state index in [0.717, 1.165) is 18.6 Å². The number of amides is 1. The minimum absolute atomic E-state index is 0.271. The van der Waals surface area contributed by atoms with Crippen LogP contribution in [0.15, 0.2) is 0 Å². The van der Waals surface area contributed by atoms with Crippen LogP contribution in [0.5, 0.6) is 0 Å². The molecule has 0 spiro atoms. The van der Waals surface area contributed by atoms with E-state index in [1.165, 1.54) is 0 Å². The zero-order valence-corrected chi connectivity index (χ0v) is 4.49. The van der Waals surface area contributed by atoms with E-state index < -0.39 is 0 Å². The first kappa shape index (κ1) is 4.11. The molecule has 2 nitrogen and oxygen atoms in total. The van der Waals surface area contributed by atoms with Crippen LogP contribution in [0.4, 0.5) is 4.79 Å². The molecule has 0 aromatic heterocycles. The molecule has 0 aromatic carbocycles. The Morgan fingerprint density at radius 2 is 2.00 bits per heavy atom. The van der Waals surface area contributed by atoms with E-state index in [1.54, 1.807) is 0 Å². The van der Waals surface area contributed by atoms with Gasteiger partial charge in [-0.2, -0.15) is 0 Å². The molecule has 0 unspecified atom stereocenters. The molecule has 0 aliphatic carbocycles. The van der Waals surface area contributed by atoms with Crippen LogP contribution in [0.2, 0.25) is 0 Å². The van der Waals surface area contributed by atoms with Crippen molar-refractivity contribution in [1.82, 2.24) is 0 Å². The van der Waals surface area contributed by atoms with Gasteiger partial charge in [0.2, 0.25) is 0 Å². The molecule has 0 saturated carbocycles. The summed E-state index contributed by atoms with van der Waals surface area (Å²) in [5.74, 6) is 0. The Bertz CT molecular complexity index is 31.0. The van der Waals surface area contributed by atoms with E-state index in [0.29, 0.717) is 0 Å². The first-order valence-electron chi connectivity index (χ1n) is 0.781. The summed E-state index contributed by atoms with van der Waals surface area (Å²) in [7, 11) is 0. The van der Waals surface area contributed by atoms with Crippen LogP contribution in [0.1, 0.15) is 0 Å². The summed E-state index contributed by atoms with van der Waals surface area (Å²) in [4.78, 5) is 9.25. The minimum atomic E-state index is -0.271. The molecule has 0 heterocycles. The van der Waals surface area contributed by atoms with Gasteiger partial charge in [0.25, 0.3) is 0 Å². The Morgan fingerprint density at radius 1 is 2.00 bits per heavy atom. The molecule has 2 radical (unpaired) electrons. The molecule has 0 atom stereocenters. The van der Waals surface area contributed by atoms with E-state index in [-0.39, 0.29) is 4.46 Å². The standard InChI is InChI=1S/CH2NO.Ga/c2-1-3;/h(H2,2,3);. The Hall–Kier alpha value is 0.106. The summed E-state index contributed by atoms with van der Waals surface area (Å²) >= 11 is 0.938. The zero-order chi connectivity index (χ0) is 3.58. The molecule has 0 bridgehead atoms. The average molecular weight is 114 g/mol. The molecule has 0 fully saturated rings. The first-order chi connectivity index (χ1) is 1.73. The molecule has 0 saturated heterocycles. The number of rotatable bonds is 0. The van der Waals surface area contributed by atoms with Crippen LogP contribution >= 0.6 is 0 Å². The van der Waals surface area contributed by atoms with Crippen molar-refractivity contribution in [1.29, 1.82) is 0 Å². The third-order valence-electron chi connectivity index (χ3n) is 0. The van der Waals surface area contributed by atoms with Gasteiger partial charge in [-0.05, 0) is 0 Å². The van der Waals surface area contributed by atoms with Crippen molar-refractivity contribution < 1.29 is 4.79 Å². The summed E-state index contributed by atoms with van der Waals surface area (Å²) in [6.45, 7) is 0. The van der Waals surface area contributed by atoms with Crippen LogP contribution in [-0.4, -0.2) is 23.1 Å². The van der Waals surface area contributed by atoms with Gasteiger partial charge in [-0.15, -0.1) is 0 Å². The number of hydrogen-bond donors (Lipinski definition) is 1. The van der Waals surface area contributed by atoms with Gasteiger partial charge in [-0.1, -0.05) is 0 Å². The van der Waals surface area contributed by atoms with Crippen molar-refractivity contribution in [3.8, 4) is 0 Å². The number of hydrogen-bond acceptors (Lipinski definition) is 1. The Kier molecular flexibility index (Phi) is 1.47. The third kappa shape index (κ3) is 228. The average Bonchev–Trinajstić information content (AvgIpc) is 0.811. The zero-order valence-electron chi connectivity index (χ0n) is 2.06. The molecule has 4 heavy (non-hydrogen) atoms. The third-order valence-corrected chi connectivity index (χ3v) is 0. The van der Waals surface area contributed by atoms with Crippen LogP contribution < -0.4 is 5.73 Å². The van der Waals surface area contributed by atoms with Gasteiger partial charge in [0, 0.05) is 0 Å². The SMILES string of the molecule is N[C](=O)[Ga]. The molecule has 0 aliphatic heterocycles. The molecule has 0 aliphatic rings. The van der Waals surface area contributed by atoms with Crippen LogP contribution in [0.25, 0.3) is 0 Å². The van der Waals surface area contributed by atoms with Gasteiger partial charge < -0.3 is 0 Å². The molecular formula is CH2GaNO. The Labute approximate surface area is 34.3 Å². The van der Waals surface area contributed by atoms with Crippen LogP contribution in [-0.2, 0) is 0 Å². The van der Waals surface area contributed by atoms with Crippen molar-refractivity contribution >= 4 is 23.1 Å². The topological polar surface area (TPSA) is 43.1 Å². The number of carbonyl (C=O) groups excluding carboxylic acids is 1. The van der Waals surface area contributed by atoms with Crippen LogP contribution in [0.3, 0.4) is 0 Å². The van der Waals surface area contributed by atoms with Gasteiger partial charge in [0.1, 0.15) is 0 Å². The van der Waals surface area contributed by atoms with E-state index in [9.17, 15) is 4.79 Å². The fourth-order valence-corrected chi connectivity index (χ4v) is 0. The van der Waals surface area contributed by atoms with Crippen molar-refractivity contribution in [2.75, 3.05) is 0 Å². The second-order valence-electron chi connectivity index (χ2n) is 0.402. The van der Waals surface area contributed by atoms with E-state index in [4.69, 9.17) is 0 Å². The fraction of sp³-hybridized carbons (Fsp3) is 0. The van der Waals surface area contributed by atoms with Gasteiger partial charge >= 0.3 is 33.6 Å². The summed E-state index contributed by atoms with van der Waals surface area (Å²) in [6.07, 6.45) is 0. The first-order valence-corrected chi connectivity index (χ1v) is 1.99. The molecule has 1 amide bonds. The number of primary amides is 1. The monoisotopic (exact) mass is 113 g/mol. The Morgan fingerprint density at radius 3 is 2.00 bits per heavy atom. The van der Waals surface area contributed by atoms with Gasteiger partial charge in [-0.25, -0.2) is 0 Å². The Balaban J connectivity index is 2.80. The predicted octanol–water partition coefficient (Wildman–Crippen LogP) is -0.766.